The van der Waals surface area contributed by atoms with Gasteiger partial charge < -0.3 is 4.74 Å². The number of methoxy groups -OCH3 is 1. The second-order valence-corrected chi connectivity index (χ2v) is 4.30. The first kappa shape index (κ1) is 13.8. The van der Waals surface area contributed by atoms with Crippen LogP contribution >= 0.6 is 23.2 Å². The van der Waals surface area contributed by atoms with Gasteiger partial charge in [0.05, 0.1) is 0 Å². The molecule has 0 saturated carbocycles. The van der Waals surface area contributed by atoms with Gasteiger partial charge in [0, 0.05) is 30.9 Å². The predicted molar refractivity (Wildman–Crippen MR) is 66.0 cm³/mol. The van der Waals surface area contributed by atoms with Gasteiger partial charge in [-0.1, -0.05) is 18.2 Å². The van der Waals surface area contributed by atoms with Crippen molar-refractivity contribution in [1.29, 1.82) is 0 Å². The molecule has 1 nitrogen and oxygen atoms in total. The summed E-state index contributed by atoms with van der Waals surface area (Å²) in [4.78, 5) is 0. The quantitative estimate of drug-likeness (QED) is 0.714. The molecule has 1 aromatic rings. The van der Waals surface area contributed by atoms with Gasteiger partial charge in [0.25, 0.3) is 0 Å². The van der Waals surface area contributed by atoms with E-state index < -0.39 is 5.41 Å². The molecular formula is C12H15Cl2FO. The molecule has 0 aromatic heterocycles. The lowest BCUT2D eigenvalue weighted by Crippen LogP contribution is -2.33. The van der Waals surface area contributed by atoms with Crippen LogP contribution < -0.4 is 0 Å². The summed E-state index contributed by atoms with van der Waals surface area (Å²) < 4.78 is 18.8. The van der Waals surface area contributed by atoms with Crippen molar-refractivity contribution in [2.75, 3.05) is 25.5 Å². The third kappa shape index (κ3) is 2.88. The first-order chi connectivity index (χ1) is 7.70. The number of halogens is 3. The van der Waals surface area contributed by atoms with Crippen molar-refractivity contribution in [3.05, 3.63) is 35.6 Å². The molecule has 0 aliphatic heterocycles. The molecular weight excluding hydrogens is 250 g/mol. The molecule has 0 fully saturated rings. The zero-order valence-electron chi connectivity index (χ0n) is 9.18. The van der Waals surface area contributed by atoms with Crippen molar-refractivity contribution in [1.82, 2.24) is 0 Å². The van der Waals surface area contributed by atoms with E-state index in [1.54, 1.807) is 25.3 Å². The van der Waals surface area contributed by atoms with Gasteiger partial charge in [0.1, 0.15) is 5.82 Å². The van der Waals surface area contributed by atoms with Gasteiger partial charge in [0.15, 0.2) is 0 Å². The Balaban J connectivity index is 3.05. The minimum atomic E-state index is -0.551. The van der Waals surface area contributed by atoms with Gasteiger partial charge in [-0.2, -0.15) is 0 Å². The lowest BCUT2D eigenvalue weighted by molar-refractivity contribution is 0.175. The fraction of sp³-hybridized carbons (Fsp3) is 0.500. The monoisotopic (exact) mass is 264 g/mol. The average Bonchev–Trinajstić information content (AvgIpc) is 2.33. The van der Waals surface area contributed by atoms with E-state index in [-0.39, 0.29) is 17.6 Å². The number of hydrogen-bond acceptors (Lipinski definition) is 1. The summed E-state index contributed by atoms with van der Waals surface area (Å²) in [6.07, 6.45) is 0.609. The molecule has 0 aliphatic carbocycles. The van der Waals surface area contributed by atoms with Crippen molar-refractivity contribution in [3.8, 4) is 0 Å². The lowest BCUT2D eigenvalue weighted by atomic mass is 9.81. The molecule has 0 spiro atoms. The summed E-state index contributed by atoms with van der Waals surface area (Å²) in [5.41, 5.74) is 0.0156. The van der Waals surface area contributed by atoms with Crippen LogP contribution in [0.2, 0.25) is 0 Å². The van der Waals surface area contributed by atoms with Crippen molar-refractivity contribution in [2.24, 2.45) is 0 Å². The number of ether oxygens (including phenoxy) is 1. The Morgan fingerprint density at radius 1 is 1.25 bits per heavy atom. The molecule has 0 unspecified atom stereocenters. The Kier molecular flexibility index (Phi) is 5.53. The van der Waals surface area contributed by atoms with E-state index in [4.69, 9.17) is 27.9 Å². The minimum Gasteiger partial charge on any atom is -0.385 e. The van der Waals surface area contributed by atoms with Crippen molar-refractivity contribution in [2.45, 2.75) is 11.8 Å². The highest BCUT2D eigenvalue weighted by atomic mass is 35.5. The maximum Gasteiger partial charge on any atom is 0.127 e. The SMILES string of the molecule is COCCC(CCl)(CCl)c1ccccc1F. The van der Waals surface area contributed by atoms with Gasteiger partial charge in [-0.05, 0) is 18.1 Å². The van der Waals surface area contributed by atoms with Crippen LogP contribution in [0.5, 0.6) is 0 Å². The van der Waals surface area contributed by atoms with Gasteiger partial charge in [-0.3, -0.25) is 0 Å². The molecule has 1 rings (SSSR count). The second-order valence-electron chi connectivity index (χ2n) is 3.77. The highest BCUT2D eigenvalue weighted by molar-refractivity contribution is 6.22. The molecule has 0 aliphatic rings. The van der Waals surface area contributed by atoms with Crippen LogP contribution in [0, 0.1) is 5.82 Å². The normalized spacial score (nSPS) is 11.8. The van der Waals surface area contributed by atoms with E-state index in [0.717, 1.165) is 0 Å². The maximum atomic E-state index is 13.7. The standard InChI is InChI=1S/C12H15Cl2FO/c1-16-7-6-12(8-13,9-14)10-4-2-3-5-11(10)15/h2-5H,6-9H2,1H3. The van der Waals surface area contributed by atoms with E-state index in [2.05, 4.69) is 0 Å². The molecule has 0 saturated heterocycles. The molecule has 16 heavy (non-hydrogen) atoms. The fourth-order valence-corrected chi connectivity index (χ4v) is 2.48. The van der Waals surface area contributed by atoms with E-state index in [1.165, 1.54) is 6.07 Å². The van der Waals surface area contributed by atoms with E-state index in [1.807, 2.05) is 0 Å². The number of benzene rings is 1. The predicted octanol–water partition coefficient (Wildman–Crippen LogP) is 3.58. The van der Waals surface area contributed by atoms with E-state index in [0.29, 0.717) is 18.6 Å². The van der Waals surface area contributed by atoms with Gasteiger partial charge in [0.2, 0.25) is 0 Å². The second kappa shape index (κ2) is 6.43. The molecule has 90 valence electrons. The molecule has 0 bridgehead atoms. The molecule has 1 aromatic carbocycles. The van der Waals surface area contributed by atoms with Crippen LogP contribution in [-0.2, 0) is 10.2 Å². The summed E-state index contributed by atoms with van der Waals surface area (Å²) >= 11 is 11.9. The van der Waals surface area contributed by atoms with Crippen LogP contribution in [-0.4, -0.2) is 25.5 Å². The van der Waals surface area contributed by atoms with Crippen LogP contribution in [0.25, 0.3) is 0 Å². The Hall–Kier alpha value is -0.310. The summed E-state index contributed by atoms with van der Waals surface area (Å²) in [5.74, 6) is 0.293. The highest BCUT2D eigenvalue weighted by Crippen LogP contribution is 2.32. The summed E-state index contributed by atoms with van der Waals surface area (Å²) in [6, 6.07) is 6.60. The first-order valence-corrected chi connectivity index (χ1v) is 6.13. The van der Waals surface area contributed by atoms with Crippen LogP contribution in [0.15, 0.2) is 24.3 Å². The van der Waals surface area contributed by atoms with Crippen molar-refractivity contribution in [3.63, 3.8) is 0 Å². The zero-order valence-corrected chi connectivity index (χ0v) is 10.7. The van der Waals surface area contributed by atoms with Crippen molar-refractivity contribution >= 4 is 23.2 Å². The zero-order chi connectivity index (χ0) is 12.0. The van der Waals surface area contributed by atoms with Gasteiger partial charge >= 0.3 is 0 Å². The summed E-state index contributed by atoms with van der Waals surface area (Å²) in [5, 5.41) is 0. The number of hydrogen-bond donors (Lipinski definition) is 0. The molecule has 0 atom stereocenters. The van der Waals surface area contributed by atoms with Crippen LogP contribution in [0.4, 0.5) is 4.39 Å². The minimum absolute atomic E-state index is 0.264. The Morgan fingerprint density at radius 2 is 1.88 bits per heavy atom. The number of alkyl halides is 2. The van der Waals surface area contributed by atoms with Crippen molar-refractivity contribution < 1.29 is 9.13 Å². The molecule has 0 N–H and O–H groups in total. The third-order valence-electron chi connectivity index (χ3n) is 2.74. The molecule has 4 heteroatoms. The molecule has 0 heterocycles. The Bertz CT molecular complexity index is 327. The smallest absolute Gasteiger partial charge is 0.127 e. The third-order valence-corrected chi connectivity index (χ3v) is 3.76. The Morgan fingerprint density at radius 3 is 2.38 bits per heavy atom. The van der Waals surface area contributed by atoms with E-state index in [9.17, 15) is 4.39 Å². The average molecular weight is 265 g/mol. The molecule has 0 amide bonds. The largest absolute Gasteiger partial charge is 0.385 e. The maximum absolute atomic E-state index is 13.7. The number of rotatable bonds is 6. The highest BCUT2D eigenvalue weighted by Gasteiger charge is 2.32. The lowest BCUT2D eigenvalue weighted by Gasteiger charge is -2.30. The summed E-state index contributed by atoms with van der Waals surface area (Å²) in [6.45, 7) is 0.508. The summed E-state index contributed by atoms with van der Waals surface area (Å²) in [7, 11) is 1.61. The van der Waals surface area contributed by atoms with Crippen LogP contribution in [0.1, 0.15) is 12.0 Å². The van der Waals surface area contributed by atoms with E-state index >= 15 is 0 Å². The first-order valence-electron chi connectivity index (χ1n) is 5.06. The Labute approximate surface area is 106 Å². The fourth-order valence-electron chi connectivity index (χ4n) is 1.64. The van der Waals surface area contributed by atoms with Gasteiger partial charge in [-0.15, -0.1) is 23.2 Å². The molecule has 0 radical (unpaired) electrons. The van der Waals surface area contributed by atoms with Crippen LogP contribution in [0.3, 0.4) is 0 Å². The topological polar surface area (TPSA) is 9.23 Å². The van der Waals surface area contributed by atoms with Gasteiger partial charge in [-0.25, -0.2) is 4.39 Å².